The lowest BCUT2D eigenvalue weighted by molar-refractivity contribution is -0.513. The summed E-state index contributed by atoms with van der Waals surface area (Å²) in [5.41, 5.74) is 10.3. The van der Waals surface area contributed by atoms with E-state index in [0.29, 0.717) is 46.6 Å². The lowest BCUT2D eigenvalue weighted by atomic mass is 10.0. The van der Waals surface area contributed by atoms with Crippen molar-refractivity contribution in [2.75, 3.05) is 10.6 Å². The number of rotatable bonds is 3. The van der Waals surface area contributed by atoms with Crippen molar-refractivity contribution in [3.05, 3.63) is 70.4 Å². The molecule has 5 rings (SSSR count). The fraction of sp³-hybridized carbons (Fsp3) is 0.200. The number of aromatic nitrogens is 5. The number of imidazole rings is 1. The highest BCUT2D eigenvalue weighted by atomic mass is 35.5. The van der Waals surface area contributed by atoms with E-state index in [2.05, 4.69) is 19.9 Å². The quantitative estimate of drug-likeness (QED) is 0.400. The zero-order valence-corrected chi connectivity index (χ0v) is 16.9. The molecule has 1 aliphatic rings. The van der Waals surface area contributed by atoms with Crippen molar-refractivity contribution in [1.29, 1.82) is 0 Å². The number of hydrogen-bond donors (Lipinski definition) is 1. The lowest BCUT2D eigenvalue weighted by Gasteiger charge is -2.32. The van der Waals surface area contributed by atoms with Crippen LogP contribution in [-0.4, -0.2) is 35.4 Å². The molecule has 0 spiro atoms. The van der Waals surface area contributed by atoms with Gasteiger partial charge in [-0.3, -0.25) is 0 Å². The summed E-state index contributed by atoms with van der Waals surface area (Å²) in [5.74, 6) is 0.300. The van der Waals surface area contributed by atoms with Gasteiger partial charge in [-0.15, -0.1) is 0 Å². The molecule has 9 nitrogen and oxygen atoms in total. The van der Waals surface area contributed by atoms with Crippen LogP contribution in [0, 0.1) is 11.8 Å². The van der Waals surface area contributed by atoms with Gasteiger partial charge < -0.3 is 15.2 Å². The number of aryl methyl sites for hydroxylation is 1. The second-order valence-corrected chi connectivity index (χ2v) is 7.51. The summed E-state index contributed by atoms with van der Waals surface area (Å²) in [4.78, 5) is 32.3. The van der Waals surface area contributed by atoms with Gasteiger partial charge in [0, 0.05) is 17.2 Å². The number of anilines is 2. The number of nitrogens with zero attached hydrogens (tertiary/aromatic N) is 7. The zero-order valence-electron chi connectivity index (χ0n) is 16.1. The van der Waals surface area contributed by atoms with Crippen LogP contribution in [-0.2, 0) is 13.1 Å². The first-order chi connectivity index (χ1) is 14.5. The Hall–Kier alpha value is -3.59. The minimum Gasteiger partial charge on any atom is -0.382 e. The average molecular weight is 422 g/mol. The van der Waals surface area contributed by atoms with Crippen LogP contribution in [0.25, 0.3) is 11.2 Å². The van der Waals surface area contributed by atoms with Crippen LogP contribution in [0.5, 0.6) is 0 Å². The molecule has 0 saturated heterocycles. The molecule has 0 saturated carbocycles. The molecule has 4 heterocycles. The van der Waals surface area contributed by atoms with Gasteiger partial charge in [-0.2, -0.15) is 0 Å². The Morgan fingerprint density at radius 2 is 2.07 bits per heavy atom. The van der Waals surface area contributed by atoms with Gasteiger partial charge in [0.2, 0.25) is 0 Å². The van der Waals surface area contributed by atoms with Gasteiger partial charge in [-0.05, 0) is 24.6 Å². The molecule has 0 bridgehead atoms. The number of fused-ring (bicyclic) bond motifs is 2. The van der Waals surface area contributed by atoms with Gasteiger partial charge in [-0.1, -0.05) is 23.7 Å². The summed E-state index contributed by atoms with van der Waals surface area (Å²) < 4.78 is 2.83. The van der Waals surface area contributed by atoms with E-state index in [0.717, 1.165) is 15.9 Å². The Labute approximate surface area is 176 Å². The smallest absolute Gasteiger partial charge is 0.301 e. The van der Waals surface area contributed by atoms with Gasteiger partial charge in [-0.25, -0.2) is 19.9 Å². The summed E-state index contributed by atoms with van der Waals surface area (Å²) >= 11 is 6.41. The lowest BCUT2D eigenvalue weighted by Crippen LogP contribution is -2.47. The summed E-state index contributed by atoms with van der Waals surface area (Å²) in [7, 11) is 0. The molecule has 10 heteroatoms. The molecule has 0 amide bonds. The maximum Gasteiger partial charge on any atom is 0.301 e. The van der Waals surface area contributed by atoms with Crippen molar-refractivity contribution in [3.8, 4) is 0 Å². The number of nitroso groups, excluding NO2 is 1. The third-order valence-corrected chi connectivity index (χ3v) is 5.71. The predicted octanol–water partition coefficient (Wildman–Crippen LogP) is 3.22. The Morgan fingerprint density at radius 1 is 1.20 bits per heavy atom. The average Bonchev–Trinajstić information content (AvgIpc) is 3.15. The SMILES string of the molecule is Cc1cccc2c1CN(c1cccnc1Cl)C(Cn1cnc3c(N)ncnc31)[N+]2=O. The zero-order chi connectivity index (χ0) is 20.8. The molecule has 1 aliphatic heterocycles. The van der Waals surface area contributed by atoms with Crippen LogP contribution >= 0.6 is 11.6 Å². The third kappa shape index (κ3) is 2.86. The van der Waals surface area contributed by atoms with Gasteiger partial charge >= 0.3 is 6.17 Å². The van der Waals surface area contributed by atoms with Crippen molar-refractivity contribution < 1.29 is 4.76 Å². The fourth-order valence-corrected chi connectivity index (χ4v) is 4.11. The van der Waals surface area contributed by atoms with Crippen molar-refractivity contribution in [2.24, 2.45) is 0 Å². The third-order valence-electron chi connectivity index (χ3n) is 5.42. The van der Waals surface area contributed by atoms with Crippen LogP contribution in [0.15, 0.2) is 49.2 Å². The maximum absolute atomic E-state index is 13.5. The van der Waals surface area contributed by atoms with E-state index in [1.54, 1.807) is 23.2 Å². The maximum atomic E-state index is 13.5. The molecule has 1 aromatic carbocycles. The van der Waals surface area contributed by atoms with Crippen molar-refractivity contribution >= 4 is 40.0 Å². The van der Waals surface area contributed by atoms with E-state index >= 15 is 0 Å². The molecule has 30 heavy (non-hydrogen) atoms. The van der Waals surface area contributed by atoms with Gasteiger partial charge in [0.1, 0.15) is 18.4 Å². The summed E-state index contributed by atoms with van der Waals surface area (Å²) in [6.07, 6.45) is 4.05. The highest BCUT2D eigenvalue weighted by Gasteiger charge is 2.43. The second kappa shape index (κ2) is 7.03. The van der Waals surface area contributed by atoms with Crippen LogP contribution in [0.2, 0.25) is 5.15 Å². The van der Waals surface area contributed by atoms with E-state index in [-0.39, 0.29) is 0 Å². The highest BCUT2D eigenvalue weighted by molar-refractivity contribution is 6.32. The van der Waals surface area contributed by atoms with Crippen LogP contribution < -0.4 is 10.6 Å². The molecule has 4 aromatic rings. The molecule has 2 N–H and O–H groups in total. The standard InChI is InChI=1S/C20H18ClN8O/c1-12-4-2-5-14-13(12)8-28(15-6-3-7-23-18(15)21)16(29(14)30)9-27-11-26-17-19(22)24-10-25-20(17)27/h2-7,10-11,16H,8-9H2,1H3,(H2,22,24,25)/q+1. The summed E-state index contributed by atoms with van der Waals surface area (Å²) in [6, 6.07) is 9.41. The first-order valence-corrected chi connectivity index (χ1v) is 9.75. The Bertz CT molecular complexity index is 1290. The van der Waals surface area contributed by atoms with E-state index in [9.17, 15) is 4.91 Å². The Morgan fingerprint density at radius 3 is 2.90 bits per heavy atom. The molecule has 1 atom stereocenters. The highest BCUT2D eigenvalue weighted by Crippen LogP contribution is 2.37. The molecule has 0 fully saturated rings. The molecule has 1 unspecified atom stereocenters. The van der Waals surface area contributed by atoms with Crippen molar-refractivity contribution in [1.82, 2.24) is 24.5 Å². The summed E-state index contributed by atoms with van der Waals surface area (Å²) in [6.45, 7) is 2.83. The predicted molar refractivity (Wildman–Crippen MR) is 113 cm³/mol. The van der Waals surface area contributed by atoms with E-state index in [4.69, 9.17) is 17.3 Å². The first kappa shape index (κ1) is 18.4. The fourth-order valence-electron chi connectivity index (χ4n) is 3.88. The molecule has 150 valence electrons. The normalized spacial score (nSPS) is 16.1. The largest absolute Gasteiger partial charge is 0.382 e. The molecule has 3 aromatic heterocycles. The topological polar surface area (TPSA) is 106 Å². The van der Waals surface area contributed by atoms with E-state index < -0.39 is 6.17 Å². The minimum atomic E-state index is -0.588. The Balaban J connectivity index is 1.64. The molecule has 0 radical (unpaired) electrons. The van der Waals surface area contributed by atoms with Crippen molar-refractivity contribution in [3.63, 3.8) is 0 Å². The molecular formula is C20H18ClN8O+. The number of nitrogen functional groups attached to an aromatic ring is 1. The van der Waals surface area contributed by atoms with Crippen molar-refractivity contribution in [2.45, 2.75) is 26.2 Å². The second-order valence-electron chi connectivity index (χ2n) is 7.15. The first-order valence-electron chi connectivity index (χ1n) is 9.38. The summed E-state index contributed by atoms with van der Waals surface area (Å²) in [5, 5.41) is 0.343. The van der Waals surface area contributed by atoms with Gasteiger partial charge in [0.15, 0.2) is 16.6 Å². The van der Waals surface area contributed by atoms with Gasteiger partial charge in [0.25, 0.3) is 5.69 Å². The number of nitrogens with two attached hydrogens (primary N) is 1. The van der Waals surface area contributed by atoms with Crippen LogP contribution in [0.4, 0.5) is 17.2 Å². The molecule has 0 aliphatic carbocycles. The Kier molecular flexibility index (Phi) is 4.32. The van der Waals surface area contributed by atoms with Gasteiger partial charge in [0.05, 0.1) is 28.9 Å². The molecular weight excluding hydrogens is 404 g/mol. The van der Waals surface area contributed by atoms with E-state index in [1.165, 1.54) is 6.33 Å². The minimum absolute atomic E-state index is 0.300. The number of benzene rings is 1. The van der Waals surface area contributed by atoms with E-state index in [1.807, 2.05) is 36.1 Å². The van der Waals surface area contributed by atoms with Crippen LogP contribution in [0.1, 0.15) is 11.1 Å². The number of halogens is 1. The number of hydrogen-bond acceptors (Lipinski definition) is 7. The number of pyridine rings is 1. The van der Waals surface area contributed by atoms with Crippen LogP contribution in [0.3, 0.4) is 0 Å². The monoisotopic (exact) mass is 421 g/mol.